The lowest BCUT2D eigenvalue weighted by molar-refractivity contribution is -0.116. The molecule has 1 aromatic heterocycles. The highest BCUT2D eigenvalue weighted by Crippen LogP contribution is 2.31. The van der Waals surface area contributed by atoms with Gasteiger partial charge in [0.15, 0.2) is 5.16 Å². The Hall–Kier alpha value is -2.08. The molecule has 2 aromatic rings. The van der Waals surface area contributed by atoms with Crippen LogP contribution in [0.4, 0.5) is 5.69 Å². The number of amides is 1. The van der Waals surface area contributed by atoms with Gasteiger partial charge in [0.25, 0.3) is 5.56 Å². The Balaban J connectivity index is 1.71. The number of carbonyl (C=O) groups is 1. The zero-order valence-corrected chi connectivity index (χ0v) is 13.3. The zero-order chi connectivity index (χ0) is 15.7. The summed E-state index contributed by atoms with van der Waals surface area (Å²) in [6, 6.07) is 7.14. The van der Waals surface area contributed by atoms with Crippen molar-refractivity contribution in [3.05, 3.63) is 51.9 Å². The van der Waals surface area contributed by atoms with Gasteiger partial charge in [-0.05, 0) is 37.1 Å². The Morgan fingerprint density at radius 1 is 1.36 bits per heavy atom. The summed E-state index contributed by atoms with van der Waals surface area (Å²) in [5, 5.41) is 3.59. The number of fused-ring (bicyclic) bond motifs is 1. The fourth-order valence-electron chi connectivity index (χ4n) is 2.49. The summed E-state index contributed by atoms with van der Waals surface area (Å²) in [4.78, 5) is 28.3. The molecule has 6 heteroatoms. The third-order valence-electron chi connectivity index (χ3n) is 3.83. The van der Waals surface area contributed by atoms with Crippen molar-refractivity contribution in [1.29, 1.82) is 0 Å². The van der Waals surface area contributed by atoms with Crippen molar-refractivity contribution in [3.8, 4) is 0 Å². The Labute approximate surface area is 132 Å². The largest absolute Gasteiger partial charge is 0.326 e. The van der Waals surface area contributed by atoms with Crippen LogP contribution in [0, 0.1) is 13.8 Å². The van der Waals surface area contributed by atoms with Crippen LogP contribution in [0.3, 0.4) is 0 Å². The Morgan fingerprint density at radius 2 is 2.18 bits per heavy atom. The van der Waals surface area contributed by atoms with Gasteiger partial charge < -0.3 is 5.32 Å². The molecular weight excluding hydrogens is 298 g/mol. The van der Waals surface area contributed by atoms with Crippen LogP contribution in [0.2, 0.25) is 0 Å². The van der Waals surface area contributed by atoms with Crippen LogP contribution in [-0.4, -0.2) is 21.2 Å². The third-order valence-corrected chi connectivity index (χ3v) is 4.94. The number of hydrogen-bond acceptors (Lipinski definition) is 4. The summed E-state index contributed by atoms with van der Waals surface area (Å²) in [5.74, 6) is 0.615. The molecule has 0 aliphatic carbocycles. The van der Waals surface area contributed by atoms with Crippen molar-refractivity contribution in [2.24, 2.45) is 0 Å². The van der Waals surface area contributed by atoms with Crippen LogP contribution in [-0.2, 0) is 4.79 Å². The number of aryl methyl sites for hydroxylation is 2. The average Bonchev–Trinajstić information content (AvgIpc) is 2.87. The summed E-state index contributed by atoms with van der Waals surface area (Å²) in [7, 11) is 0. The van der Waals surface area contributed by atoms with Crippen molar-refractivity contribution >= 4 is 23.4 Å². The van der Waals surface area contributed by atoms with Crippen LogP contribution >= 0.6 is 11.8 Å². The highest BCUT2D eigenvalue weighted by atomic mass is 32.2. The van der Waals surface area contributed by atoms with E-state index in [9.17, 15) is 9.59 Å². The van der Waals surface area contributed by atoms with Gasteiger partial charge in [0.05, 0.1) is 6.04 Å². The third kappa shape index (κ3) is 2.92. The monoisotopic (exact) mass is 315 g/mol. The number of benzene rings is 1. The van der Waals surface area contributed by atoms with Gasteiger partial charge in [-0.25, -0.2) is 4.98 Å². The smallest absolute Gasteiger partial charge is 0.254 e. The number of nitrogens with one attached hydrogen (secondary N) is 1. The maximum Gasteiger partial charge on any atom is 0.254 e. The lowest BCUT2D eigenvalue weighted by Gasteiger charge is -2.13. The average molecular weight is 315 g/mol. The number of aromatic nitrogens is 2. The van der Waals surface area contributed by atoms with E-state index in [-0.39, 0.29) is 23.9 Å². The highest BCUT2D eigenvalue weighted by molar-refractivity contribution is 7.99. The quantitative estimate of drug-likeness (QED) is 0.884. The lowest BCUT2D eigenvalue weighted by atomic mass is 10.1. The lowest BCUT2D eigenvalue weighted by Crippen LogP contribution is -2.26. The minimum absolute atomic E-state index is 0.0857. The van der Waals surface area contributed by atoms with Crippen molar-refractivity contribution in [2.75, 3.05) is 11.1 Å². The second-order valence-electron chi connectivity index (χ2n) is 5.45. The van der Waals surface area contributed by atoms with E-state index < -0.39 is 0 Å². The molecule has 1 aliphatic rings. The molecule has 5 nitrogen and oxygen atoms in total. The van der Waals surface area contributed by atoms with Gasteiger partial charge in [-0.3, -0.25) is 14.2 Å². The fraction of sp³-hybridized carbons (Fsp3) is 0.312. The van der Waals surface area contributed by atoms with Crippen LogP contribution < -0.4 is 10.9 Å². The molecule has 0 fully saturated rings. The van der Waals surface area contributed by atoms with Gasteiger partial charge in [0.2, 0.25) is 5.91 Å². The maximum atomic E-state index is 12.2. The Bertz CT molecular complexity index is 785. The molecule has 114 valence electrons. The summed E-state index contributed by atoms with van der Waals surface area (Å²) in [6.07, 6.45) is 1.79. The van der Waals surface area contributed by atoms with Crippen LogP contribution in [0.15, 0.2) is 40.4 Å². The van der Waals surface area contributed by atoms with E-state index >= 15 is 0 Å². The molecule has 2 heterocycles. The number of nitrogens with zero attached hydrogens (tertiary/aromatic N) is 2. The molecule has 1 atom stereocenters. The normalized spacial score (nSPS) is 16.4. The molecule has 0 saturated heterocycles. The predicted molar refractivity (Wildman–Crippen MR) is 87.4 cm³/mol. The van der Waals surface area contributed by atoms with Gasteiger partial charge >= 0.3 is 0 Å². The van der Waals surface area contributed by atoms with Crippen molar-refractivity contribution < 1.29 is 4.79 Å². The molecule has 1 aromatic carbocycles. The molecule has 1 amide bonds. The molecule has 0 saturated carbocycles. The summed E-state index contributed by atoms with van der Waals surface area (Å²) >= 11 is 1.51. The molecule has 0 spiro atoms. The van der Waals surface area contributed by atoms with E-state index in [1.807, 2.05) is 32.0 Å². The SMILES string of the molecule is Cc1ccc(NC(=O)CC2CSc3nccc(=O)n32)cc1C. The molecule has 1 aliphatic heterocycles. The van der Waals surface area contributed by atoms with Gasteiger partial charge in [0, 0.05) is 30.1 Å². The topological polar surface area (TPSA) is 64.0 Å². The molecule has 3 rings (SSSR count). The molecule has 22 heavy (non-hydrogen) atoms. The summed E-state index contributed by atoms with van der Waals surface area (Å²) in [5.41, 5.74) is 3.02. The predicted octanol–water partition coefficient (Wildman–Crippen LogP) is 2.54. The fourth-order valence-corrected chi connectivity index (χ4v) is 3.61. The number of rotatable bonds is 3. The summed E-state index contributed by atoms with van der Waals surface area (Å²) < 4.78 is 1.62. The second kappa shape index (κ2) is 5.96. The summed E-state index contributed by atoms with van der Waals surface area (Å²) in [6.45, 7) is 4.05. The van der Waals surface area contributed by atoms with Crippen LogP contribution in [0.5, 0.6) is 0 Å². The molecule has 1 N–H and O–H groups in total. The maximum absolute atomic E-state index is 12.2. The van der Waals surface area contributed by atoms with E-state index in [1.54, 1.807) is 4.57 Å². The van der Waals surface area contributed by atoms with Gasteiger partial charge in [0.1, 0.15) is 0 Å². The van der Waals surface area contributed by atoms with Gasteiger partial charge in [-0.15, -0.1) is 0 Å². The van der Waals surface area contributed by atoms with Crippen LogP contribution in [0.25, 0.3) is 0 Å². The Morgan fingerprint density at radius 3 is 2.95 bits per heavy atom. The first-order chi connectivity index (χ1) is 10.5. The number of thioether (sulfide) groups is 1. The van der Waals surface area contributed by atoms with Crippen molar-refractivity contribution in [1.82, 2.24) is 9.55 Å². The van der Waals surface area contributed by atoms with Crippen molar-refractivity contribution in [2.45, 2.75) is 31.5 Å². The first kappa shape index (κ1) is 14.8. The minimum Gasteiger partial charge on any atom is -0.326 e. The second-order valence-corrected chi connectivity index (χ2v) is 6.44. The van der Waals surface area contributed by atoms with E-state index in [0.29, 0.717) is 10.9 Å². The highest BCUT2D eigenvalue weighted by Gasteiger charge is 2.26. The first-order valence-electron chi connectivity index (χ1n) is 7.12. The van der Waals surface area contributed by atoms with E-state index in [2.05, 4.69) is 10.3 Å². The number of carbonyl (C=O) groups excluding carboxylic acids is 1. The molecular formula is C16H17N3O2S. The zero-order valence-electron chi connectivity index (χ0n) is 12.5. The van der Waals surface area contributed by atoms with Gasteiger partial charge in [-0.1, -0.05) is 17.8 Å². The van der Waals surface area contributed by atoms with Gasteiger partial charge in [-0.2, -0.15) is 0 Å². The number of anilines is 1. The van der Waals surface area contributed by atoms with E-state index in [4.69, 9.17) is 0 Å². The first-order valence-corrected chi connectivity index (χ1v) is 8.10. The standard InChI is InChI=1S/C16H17N3O2S/c1-10-3-4-12(7-11(10)2)18-14(20)8-13-9-22-16-17-6-5-15(21)19(13)16/h3-7,13H,8-9H2,1-2H3,(H,18,20). The minimum atomic E-state index is -0.132. The van der Waals surface area contributed by atoms with Crippen LogP contribution in [0.1, 0.15) is 23.6 Å². The van der Waals surface area contributed by atoms with E-state index in [1.165, 1.54) is 29.6 Å². The molecule has 1 unspecified atom stereocenters. The van der Waals surface area contributed by atoms with Crippen molar-refractivity contribution in [3.63, 3.8) is 0 Å². The molecule has 0 radical (unpaired) electrons. The van der Waals surface area contributed by atoms with E-state index in [0.717, 1.165) is 11.3 Å². The molecule has 0 bridgehead atoms. The Kier molecular flexibility index (Phi) is 4.02. The number of hydrogen-bond donors (Lipinski definition) is 1.